The summed E-state index contributed by atoms with van der Waals surface area (Å²) in [5, 5.41) is 0.628. The Labute approximate surface area is 180 Å². The molecule has 4 rings (SSSR count). The second-order valence-corrected chi connectivity index (χ2v) is 7.99. The number of ether oxygens (including phenoxy) is 1. The van der Waals surface area contributed by atoms with E-state index in [0.717, 1.165) is 11.4 Å². The van der Waals surface area contributed by atoms with E-state index in [1.54, 1.807) is 35.2 Å². The van der Waals surface area contributed by atoms with E-state index in [-0.39, 0.29) is 11.9 Å². The number of carbonyl (C=O) groups excluding carboxylic acids is 1. The third kappa shape index (κ3) is 3.27. The fourth-order valence-electron chi connectivity index (χ4n) is 3.60. The highest BCUT2D eigenvalue weighted by atomic mass is 35.5. The molecule has 2 aromatic heterocycles. The molecule has 0 bridgehead atoms. The maximum absolute atomic E-state index is 13.1. The van der Waals surface area contributed by atoms with Gasteiger partial charge < -0.3 is 19.1 Å². The Morgan fingerprint density at radius 1 is 1.17 bits per heavy atom. The Hall–Kier alpha value is -3.13. The molecule has 30 heavy (non-hydrogen) atoms. The van der Waals surface area contributed by atoms with Gasteiger partial charge in [0.1, 0.15) is 5.82 Å². The molecule has 3 heterocycles. The van der Waals surface area contributed by atoms with E-state index in [9.17, 15) is 4.79 Å². The van der Waals surface area contributed by atoms with Gasteiger partial charge in [0.05, 0.1) is 24.9 Å². The van der Waals surface area contributed by atoms with Crippen LogP contribution in [0.3, 0.4) is 0 Å². The number of methoxy groups -OCH3 is 1. The zero-order chi connectivity index (χ0) is 21.6. The maximum atomic E-state index is 13.1. The van der Waals surface area contributed by atoms with Gasteiger partial charge in [0.15, 0.2) is 5.69 Å². The quantitative estimate of drug-likeness (QED) is 0.617. The third-order valence-corrected chi connectivity index (χ3v) is 5.25. The fraction of sp³-hybridized carbons (Fsp3) is 0.333. The molecule has 0 unspecified atom stereocenters. The summed E-state index contributed by atoms with van der Waals surface area (Å²) in [6.45, 7) is 4.55. The van der Waals surface area contributed by atoms with Gasteiger partial charge in [-0.2, -0.15) is 4.98 Å². The smallest absolute Gasteiger partial charge is 0.279 e. The van der Waals surface area contributed by atoms with E-state index in [4.69, 9.17) is 21.3 Å². The molecule has 0 radical (unpaired) electrons. The number of hydrogen-bond donors (Lipinski definition) is 0. The van der Waals surface area contributed by atoms with Crippen molar-refractivity contribution in [2.75, 3.05) is 31.0 Å². The number of benzene rings is 1. The molecule has 156 valence electrons. The van der Waals surface area contributed by atoms with Crippen LogP contribution in [0.4, 0.5) is 11.6 Å². The second kappa shape index (κ2) is 7.60. The molecular formula is C21H23ClN6O2. The lowest BCUT2D eigenvalue weighted by Gasteiger charge is -2.20. The lowest BCUT2D eigenvalue weighted by molar-refractivity contribution is 0.0992. The zero-order valence-electron chi connectivity index (χ0n) is 17.5. The van der Waals surface area contributed by atoms with E-state index >= 15 is 0 Å². The van der Waals surface area contributed by atoms with Crippen molar-refractivity contribution in [2.24, 2.45) is 0 Å². The molecule has 0 saturated carbocycles. The summed E-state index contributed by atoms with van der Waals surface area (Å²) in [4.78, 5) is 30.2. The van der Waals surface area contributed by atoms with Gasteiger partial charge in [-0.15, -0.1) is 0 Å². The Bertz CT molecular complexity index is 1110. The first-order chi connectivity index (χ1) is 14.3. The highest BCUT2D eigenvalue weighted by Crippen LogP contribution is 2.37. The van der Waals surface area contributed by atoms with Crippen molar-refractivity contribution < 1.29 is 9.53 Å². The van der Waals surface area contributed by atoms with E-state index in [0.29, 0.717) is 40.5 Å². The predicted molar refractivity (Wildman–Crippen MR) is 116 cm³/mol. The van der Waals surface area contributed by atoms with Gasteiger partial charge in [0.2, 0.25) is 11.8 Å². The topological polar surface area (TPSA) is 76.4 Å². The number of amides is 1. The lowest BCUT2D eigenvalue weighted by atomic mass is 10.2. The standard InChI is InChI=1S/C21H23ClN6O2/c1-12(2)28-16-11-27(14-8-6-13(22)7-9-14)20(29)17(16)24-18(28)15-10-23-21(26(3)4)25-19(15)30-5/h6-10,12H,11H2,1-5H3. The van der Waals surface area contributed by atoms with Crippen molar-refractivity contribution in [3.05, 3.63) is 46.9 Å². The van der Waals surface area contributed by atoms with Crippen molar-refractivity contribution in [1.29, 1.82) is 0 Å². The van der Waals surface area contributed by atoms with Crippen LogP contribution in [0, 0.1) is 0 Å². The lowest BCUT2D eigenvalue weighted by Crippen LogP contribution is -2.24. The summed E-state index contributed by atoms with van der Waals surface area (Å²) in [5.74, 6) is 1.44. The number of rotatable bonds is 5. The molecule has 1 aliphatic heterocycles. The second-order valence-electron chi connectivity index (χ2n) is 7.55. The average Bonchev–Trinajstić information content (AvgIpc) is 3.25. The van der Waals surface area contributed by atoms with Crippen LogP contribution < -0.4 is 14.5 Å². The van der Waals surface area contributed by atoms with Crippen LogP contribution >= 0.6 is 11.6 Å². The van der Waals surface area contributed by atoms with Gasteiger partial charge in [-0.3, -0.25) is 4.79 Å². The van der Waals surface area contributed by atoms with Crippen LogP contribution in [0.2, 0.25) is 5.02 Å². The van der Waals surface area contributed by atoms with Gasteiger partial charge >= 0.3 is 0 Å². The van der Waals surface area contributed by atoms with Crippen molar-refractivity contribution in [3.63, 3.8) is 0 Å². The largest absolute Gasteiger partial charge is 0.480 e. The van der Waals surface area contributed by atoms with E-state index in [1.165, 1.54) is 0 Å². The van der Waals surface area contributed by atoms with Gasteiger partial charge in [0, 0.05) is 37.0 Å². The zero-order valence-corrected chi connectivity index (χ0v) is 18.3. The number of imidazole rings is 1. The monoisotopic (exact) mass is 426 g/mol. The molecule has 9 heteroatoms. The van der Waals surface area contributed by atoms with E-state index < -0.39 is 0 Å². The van der Waals surface area contributed by atoms with Crippen LogP contribution in [0.25, 0.3) is 11.4 Å². The predicted octanol–water partition coefficient (Wildman–Crippen LogP) is 3.81. The SMILES string of the molecule is COc1nc(N(C)C)ncc1-c1nc2c(n1C(C)C)CN(c1ccc(Cl)cc1)C2=O. The molecule has 0 N–H and O–H groups in total. The molecule has 0 saturated heterocycles. The first-order valence-electron chi connectivity index (χ1n) is 9.59. The first kappa shape index (κ1) is 20.2. The molecule has 0 spiro atoms. The number of fused-ring (bicyclic) bond motifs is 1. The highest BCUT2D eigenvalue weighted by Gasteiger charge is 2.36. The van der Waals surface area contributed by atoms with Crippen molar-refractivity contribution in [2.45, 2.75) is 26.4 Å². The van der Waals surface area contributed by atoms with Gasteiger partial charge in [0.25, 0.3) is 5.91 Å². The Morgan fingerprint density at radius 3 is 2.47 bits per heavy atom. The summed E-state index contributed by atoms with van der Waals surface area (Å²) in [5.41, 5.74) is 2.73. The Morgan fingerprint density at radius 2 is 1.87 bits per heavy atom. The maximum Gasteiger partial charge on any atom is 0.279 e. The molecule has 3 aromatic rings. The number of hydrogen-bond acceptors (Lipinski definition) is 6. The summed E-state index contributed by atoms with van der Waals surface area (Å²) in [7, 11) is 5.29. The van der Waals surface area contributed by atoms with Crippen molar-refractivity contribution in [3.8, 4) is 17.3 Å². The van der Waals surface area contributed by atoms with Gasteiger partial charge in [-0.25, -0.2) is 9.97 Å². The number of halogens is 1. The van der Waals surface area contributed by atoms with Crippen LogP contribution in [-0.4, -0.2) is 46.6 Å². The average molecular weight is 427 g/mol. The molecule has 0 fully saturated rings. The normalized spacial score (nSPS) is 13.2. The molecule has 1 amide bonds. The van der Waals surface area contributed by atoms with Crippen LogP contribution in [0.15, 0.2) is 30.5 Å². The fourth-order valence-corrected chi connectivity index (χ4v) is 3.72. The summed E-state index contributed by atoms with van der Waals surface area (Å²) >= 11 is 5.99. The third-order valence-electron chi connectivity index (χ3n) is 5.00. The van der Waals surface area contributed by atoms with Crippen LogP contribution in [-0.2, 0) is 6.54 Å². The number of carbonyl (C=O) groups is 1. The Kier molecular flexibility index (Phi) is 5.11. The van der Waals surface area contributed by atoms with Crippen molar-refractivity contribution >= 4 is 29.1 Å². The summed E-state index contributed by atoms with van der Waals surface area (Å²) < 4.78 is 7.57. The minimum atomic E-state index is -0.141. The molecule has 0 aliphatic carbocycles. The molecule has 1 aliphatic rings. The molecule has 1 aromatic carbocycles. The van der Waals surface area contributed by atoms with Crippen molar-refractivity contribution in [1.82, 2.24) is 19.5 Å². The van der Waals surface area contributed by atoms with Gasteiger partial charge in [-0.1, -0.05) is 11.6 Å². The summed E-state index contributed by atoms with van der Waals surface area (Å²) in [6, 6.07) is 7.30. The first-order valence-corrected chi connectivity index (χ1v) is 9.96. The minimum absolute atomic E-state index is 0.0763. The number of aromatic nitrogens is 4. The number of nitrogens with zero attached hydrogens (tertiary/aromatic N) is 6. The van der Waals surface area contributed by atoms with E-state index in [1.807, 2.05) is 26.2 Å². The molecular weight excluding hydrogens is 404 g/mol. The highest BCUT2D eigenvalue weighted by molar-refractivity contribution is 6.30. The van der Waals surface area contributed by atoms with Crippen LogP contribution in [0.5, 0.6) is 5.88 Å². The number of anilines is 2. The van der Waals surface area contributed by atoms with Gasteiger partial charge in [-0.05, 0) is 38.1 Å². The van der Waals surface area contributed by atoms with Crippen LogP contribution in [0.1, 0.15) is 36.1 Å². The van der Waals surface area contributed by atoms with E-state index in [2.05, 4.69) is 28.4 Å². The molecule has 8 nitrogen and oxygen atoms in total. The minimum Gasteiger partial charge on any atom is -0.480 e. The molecule has 0 atom stereocenters. The summed E-state index contributed by atoms with van der Waals surface area (Å²) in [6.07, 6.45) is 1.69. The Balaban J connectivity index is 1.80.